The molecule has 0 bridgehead atoms. The van der Waals surface area contributed by atoms with Gasteiger partial charge in [0.05, 0.1) is 22.7 Å². The van der Waals surface area contributed by atoms with Gasteiger partial charge in [-0.15, -0.1) is 11.3 Å². The Morgan fingerprint density at radius 1 is 1.15 bits per heavy atom. The maximum atomic E-state index is 13.2. The number of hydrogen-bond acceptors (Lipinski definition) is 4. The van der Waals surface area contributed by atoms with Gasteiger partial charge >= 0.3 is 0 Å². The van der Waals surface area contributed by atoms with Crippen LogP contribution in [0.2, 0.25) is 0 Å². The van der Waals surface area contributed by atoms with E-state index in [1.165, 1.54) is 23.3 Å². The molecule has 0 atom stereocenters. The molecule has 5 nitrogen and oxygen atoms in total. The van der Waals surface area contributed by atoms with Crippen molar-refractivity contribution in [2.75, 3.05) is 0 Å². The van der Waals surface area contributed by atoms with Crippen LogP contribution in [0.5, 0.6) is 0 Å². The highest BCUT2D eigenvalue weighted by Crippen LogP contribution is 2.33. The number of nitrogens with zero attached hydrogens (tertiary/aromatic N) is 4. The molecule has 0 radical (unpaired) electrons. The zero-order valence-corrected chi connectivity index (χ0v) is 15.6. The molecule has 26 heavy (non-hydrogen) atoms. The second-order valence-electron chi connectivity index (χ2n) is 6.93. The van der Waals surface area contributed by atoms with Crippen LogP contribution in [0.4, 0.5) is 0 Å². The third-order valence-electron chi connectivity index (χ3n) is 5.36. The first-order valence-corrected chi connectivity index (χ1v) is 9.95. The Morgan fingerprint density at radius 3 is 2.92 bits per heavy atom. The fourth-order valence-corrected chi connectivity index (χ4v) is 5.30. The highest BCUT2D eigenvalue weighted by atomic mass is 32.1. The molecule has 0 aliphatic heterocycles. The van der Waals surface area contributed by atoms with E-state index in [9.17, 15) is 4.79 Å². The molecule has 4 aromatic rings. The van der Waals surface area contributed by atoms with Gasteiger partial charge in [0.25, 0.3) is 5.56 Å². The van der Waals surface area contributed by atoms with Gasteiger partial charge in [0.2, 0.25) is 0 Å². The van der Waals surface area contributed by atoms with Crippen LogP contribution in [0.15, 0.2) is 35.4 Å². The quantitative estimate of drug-likeness (QED) is 0.557. The second kappa shape index (κ2) is 6.06. The highest BCUT2D eigenvalue weighted by Gasteiger charge is 2.21. The number of fused-ring (bicyclic) bond motifs is 4. The smallest absolute Gasteiger partial charge is 0.262 e. The van der Waals surface area contributed by atoms with Gasteiger partial charge in [-0.25, -0.2) is 9.97 Å². The van der Waals surface area contributed by atoms with Gasteiger partial charge in [-0.1, -0.05) is 12.1 Å². The normalized spacial score (nSPS) is 14.2. The summed E-state index contributed by atoms with van der Waals surface area (Å²) >= 11 is 1.71. The van der Waals surface area contributed by atoms with E-state index in [0.29, 0.717) is 13.1 Å². The third kappa shape index (κ3) is 2.40. The average Bonchev–Trinajstić information content (AvgIpc) is 3.22. The first kappa shape index (κ1) is 15.8. The van der Waals surface area contributed by atoms with Crippen molar-refractivity contribution >= 4 is 32.6 Å². The van der Waals surface area contributed by atoms with E-state index in [1.54, 1.807) is 11.3 Å². The molecule has 0 saturated carbocycles. The van der Waals surface area contributed by atoms with E-state index in [4.69, 9.17) is 4.98 Å². The van der Waals surface area contributed by atoms with Gasteiger partial charge in [-0.2, -0.15) is 0 Å². The van der Waals surface area contributed by atoms with Crippen LogP contribution in [-0.4, -0.2) is 19.1 Å². The minimum absolute atomic E-state index is 0.122. The molecule has 0 N–H and O–H groups in total. The zero-order chi connectivity index (χ0) is 17.7. The molecule has 1 aromatic carbocycles. The summed E-state index contributed by atoms with van der Waals surface area (Å²) in [5.41, 5.74) is 3.46. The monoisotopic (exact) mass is 364 g/mol. The lowest BCUT2D eigenvalue weighted by Gasteiger charge is -2.12. The van der Waals surface area contributed by atoms with Crippen LogP contribution in [0, 0.1) is 6.92 Å². The van der Waals surface area contributed by atoms with Crippen LogP contribution >= 0.6 is 11.3 Å². The van der Waals surface area contributed by atoms with E-state index in [-0.39, 0.29) is 5.56 Å². The van der Waals surface area contributed by atoms with Gasteiger partial charge in [0.15, 0.2) is 0 Å². The van der Waals surface area contributed by atoms with Gasteiger partial charge in [-0.3, -0.25) is 9.36 Å². The van der Waals surface area contributed by atoms with Gasteiger partial charge < -0.3 is 4.57 Å². The van der Waals surface area contributed by atoms with Crippen molar-refractivity contribution in [1.82, 2.24) is 19.1 Å². The minimum atomic E-state index is 0.122. The lowest BCUT2D eigenvalue weighted by atomic mass is 9.97. The molecule has 3 aromatic heterocycles. The molecule has 0 amide bonds. The van der Waals surface area contributed by atoms with E-state index in [0.717, 1.165) is 39.9 Å². The Kier molecular flexibility index (Phi) is 3.67. The van der Waals surface area contributed by atoms with Crippen LogP contribution in [-0.2, 0) is 25.9 Å². The summed E-state index contributed by atoms with van der Waals surface area (Å²) in [4.78, 5) is 24.7. The van der Waals surface area contributed by atoms with Crippen LogP contribution in [0.1, 0.15) is 29.1 Å². The third-order valence-corrected chi connectivity index (χ3v) is 6.54. The minimum Gasteiger partial charge on any atom is -0.329 e. The number of aryl methyl sites for hydroxylation is 4. The van der Waals surface area contributed by atoms with Gasteiger partial charge in [0, 0.05) is 18.0 Å². The number of benzene rings is 1. The first-order valence-electron chi connectivity index (χ1n) is 9.14. The highest BCUT2D eigenvalue weighted by molar-refractivity contribution is 7.18. The van der Waals surface area contributed by atoms with Crippen LogP contribution in [0.3, 0.4) is 0 Å². The van der Waals surface area contributed by atoms with Crippen molar-refractivity contribution in [3.05, 3.63) is 57.2 Å². The molecule has 6 heteroatoms. The molecule has 0 fully saturated rings. The maximum Gasteiger partial charge on any atom is 0.262 e. The fourth-order valence-electron chi connectivity index (χ4n) is 4.00. The Balaban J connectivity index is 1.55. The summed E-state index contributed by atoms with van der Waals surface area (Å²) < 4.78 is 3.94. The van der Waals surface area contributed by atoms with Crippen LogP contribution < -0.4 is 5.56 Å². The van der Waals surface area contributed by atoms with Gasteiger partial charge in [0.1, 0.15) is 10.7 Å². The largest absolute Gasteiger partial charge is 0.329 e. The summed E-state index contributed by atoms with van der Waals surface area (Å²) in [6.07, 6.45) is 6.36. The average molecular weight is 364 g/mol. The molecular formula is C20H20N4OS. The van der Waals surface area contributed by atoms with Crippen molar-refractivity contribution in [3.63, 3.8) is 0 Å². The lowest BCUT2D eigenvalue weighted by Crippen LogP contribution is -2.26. The van der Waals surface area contributed by atoms with Gasteiger partial charge in [-0.05, 0) is 50.3 Å². The van der Waals surface area contributed by atoms with E-state index >= 15 is 0 Å². The molecule has 1 aliphatic rings. The molecule has 0 unspecified atom stereocenters. The predicted octanol–water partition coefficient (Wildman–Crippen LogP) is 3.70. The van der Waals surface area contributed by atoms with Crippen molar-refractivity contribution in [2.45, 2.75) is 45.7 Å². The van der Waals surface area contributed by atoms with Crippen molar-refractivity contribution in [3.8, 4) is 0 Å². The van der Waals surface area contributed by atoms with Crippen molar-refractivity contribution < 1.29 is 0 Å². The van der Waals surface area contributed by atoms with E-state index in [2.05, 4.69) is 15.6 Å². The second-order valence-corrected chi connectivity index (χ2v) is 8.02. The summed E-state index contributed by atoms with van der Waals surface area (Å²) in [6, 6.07) is 8.08. The zero-order valence-electron chi connectivity index (χ0n) is 14.7. The summed E-state index contributed by atoms with van der Waals surface area (Å²) in [5.74, 6) is 0.797. The number of thiophene rings is 1. The number of rotatable bonds is 3. The summed E-state index contributed by atoms with van der Waals surface area (Å²) in [5, 5.41) is 0.866. The maximum absolute atomic E-state index is 13.2. The molecule has 5 rings (SSSR count). The standard InChI is InChI=1S/C20H20N4OS/c1-13-22-19-18(14-6-2-5-9-17(14)26-19)20(25)24(13)11-10-23-12-21-15-7-3-4-8-16(15)23/h3-4,7-8,12H,2,5-6,9-11H2,1H3. The number of para-hydroxylation sites is 2. The molecule has 0 spiro atoms. The molecule has 0 saturated heterocycles. The number of aromatic nitrogens is 4. The van der Waals surface area contributed by atoms with E-state index in [1.807, 2.05) is 36.0 Å². The fraction of sp³-hybridized carbons (Fsp3) is 0.350. The Bertz CT molecular complexity index is 1180. The Labute approximate surface area is 154 Å². The SMILES string of the molecule is Cc1nc2sc3c(c2c(=O)n1CCn1cnc2ccccc21)CCCC3. The Hall–Kier alpha value is -2.47. The molecule has 132 valence electrons. The molecule has 1 aliphatic carbocycles. The van der Waals surface area contributed by atoms with Crippen molar-refractivity contribution in [1.29, 1.82) is 0 Å². The Morgan fingerprint density at radius 2 is 2.00 bits per heavy atom. The molecule has 3 heterocycles. The number of hydrogen-bond donors (Lipinski definition) is 0. The molecular weight excluding hydrogens is 344 g/mol. The van der Waals surface area contributed by atoms with Crippen molar-refractivity contribution in [2.24, 2.45) is 0 Å². The number of imidazole rings is 1. The summed E-state index contributed by atoms with van der Waals surface area (Å²) in [6.45, 7) is 3.25. The topological polar surface area (TPSA) is 52.7 Å². The predicted molar refractivity (Wildman–Crippen MR) is 105 cm³/mol. The lowest BCUT2D eigenvalue weighted by molar-refractivity contribution is 0.557. The summed E-state index contributed by atoms with van der Waals surface area (Å²) in [7, 11) is 0. The van der Waals surface area contributed by atoms with E-state index < -0.39 is 0 Å². The first-order chi connectivity index (χ1) is 12.7. The van der Waals surface area contributed by atoms with Crippen LogP contribution in [0.25, 0.3) is 21.3 Å².